The number of aryl methyl sites for hydroxylation is 1. The van der Waals surface area contributed by atoms with E-state index in [9.17, 15) is 0 Å². The van der Waals surface area contributed by atoms with Crippen LogP contribution >= 0.6 is 11.3 Å². The van der Waals surface area contributed by atoms with E-state index in [-0.39, 0.29) is 0 Å². The Balaban J connectivity index is 2.15. The van der Waals surface area contributed by atoms with Crippen LogP contribution in [0.15, 0.2) is 36.4 Å². The first-order valence-electron chi connectivity index (χ1n) is 4.52. The van der Waals surface area contributed by atoms with Gasteiger partial charge in [-0.3, -0.25) is 0 Å². The van der Waals surface area contributed by atoms with Gasteiger partial charge >= 0.3 is 0 Å². The zero-order valence-corrected chi connectivity index (χ0v) is 9.04. The summed E-state index contributed by atoms with van der Waals surface area (Å²) in [6.45, 7) is 2.03. The van der Waals surface area contributed by atoms with Gasteiger partial charge in [-0.2, -0.15) is 5.26 Å². The second kappa shape index (κ2) is 4.16. The molecule has 0 unspecified atom stereocenters. The Labute approximate surface area is 92.4 Å². The molecule has 2 rings (SSSR count). The van der Waals surface area contributed by atoms with Gasteiger partial charge < -0.3 is 4.74 Å². The largest absolute Gasteiger partial charge is 0.447 e. The molecule has 74 valence electrons. The summed E-state index contributed by atoms with van der Waals surface area (Å²) in [5.74, 6) is 0.798. The molecule has 0 aliphatic carbocycles. The molecule has 0 fully saturated rings. The molecule has 3 heteroatoms. The van der Waals surface area contributed by atoms with Crippen molar-refractivity contribution >= 4 is 11.3 Å². The summed E-state index contributed by atoms with van der Waals surface area (Å²) in [4.78, 5) is 0.664. The first-order chi connectivity index (χ1) is 7.28. The van der Waals surface area contributed by atoms with E-state index >= 15 is 0 Å². The third kappa shape index (κ3) is 2.36. The van der Waals surface area contributed by atoms with Crippen LogP contribution in [0.2, 0.25) is 0 Å². The maximum Gasteiger partial charge on any atom is 0.182 e. The van der Waals surface area contributed by atoms with Crippen molar-refractivity contribution in [3.63, 3.8) is 0 Å². The number of hydrogen-bond donors (Lipinski definition) is 0. The van der Waals surface area contributed by atoms with Crippen LogP contribution < -0.4 is 4.74 Å². The highest BCUT2D eigenvalue weighted by Gasteiger charge is 2.01. The van der Waals surface area contributed by atoms with Crippen molar-refractivity contribution in [3.8, 4) is 16.9 Å². The summed E-state index contributed by atoms with van der Waals surface area (Å²) in [6.07, 6.45) is 0. The van der Waals surface area contributed by atoms with Gasteiger partial charge in [0.2, 0.25) is 0 Å². The molecule has 0 aliphatic rings. The number of benzene rings is 1. The van der Waals surface area contributed by atoms with Crippen molar-refractivity contribution in [1.29, 1.82) is 5.26 Å². The third-order valence-corrected chi connectivity index (χ3v) is 2.80. The molecule has 0 aliphatic heterocycles. The van der Waals surface area contributed by atoms with E-state index in [4.69, 9.17) is 10.00 Å². The van der Waals surface area contributed by atoms with Gasteiger partial charge in [0.1, 0.15) is 16.7 Å². The average Bonchev–Trinajstić information content (AvgIpc) is 2.69. The molecular weight excluding hydrogens is 206 g/mol. The Morgan fingerprint density at radius 2 is 1.87 bits per heavy atom. The number of thiophene rings is 1. The average molecular weight is 215 g/mol. The van der Waals surface area contributed by atoms with Gasteiger partial charge in [-0.1, -0.05) is 29.0 Å². The van der Waals surface area contributed by atoms with Crippen molar-refractivity contribution in [2.45, 2.75) is 6.92 Å². The van der Waals surface area contributed by atoms with Gasteiger partial charge in [-0.05, 0) is 31.2 Å². The first kappa shape index (κ1) is 9.75. The van der Waals surface area contributed by atoms with E-state index in [1.807, 2.05) is 37.3 Å². The monoisotopic (exact) mass is 215 g/mol. The Morgan fingerprint density at radius 1 is 1.13 bits per heavy atom. The molecule has 0 N–H and O–H groups in total. The minimum Gasteiger partial charge on any atom is -0.447 e. The minimum atomic E-state index is 0.664. The Hall–Kier alpha value is -1.79. The van der Waals surface area contributed by atoms with Crippen LogP contribution in [0, 0.1) is 18.3 Å². The molecule has 0 spiro atoms. The van der Waals surface area contributed by atoms with Gasteiger partial charge in [0.15, 0.2) is 5.06 Å². The van der Waals surface area contributed by atoms with Crippen LogP contribution in [0.1, 0.15) is 10.4 Å². The molecule has 0 amide bonds. The molecule has 1 aromatic carbocycles. The van der Waals surface area contributed by atoms with Crippen molar-refractivity contribution in [1.82, 2.24) is 0 Å². The van der Waals surface area contributed by atoms with Gasteiger partial charge in [-0.25, -0.2) is 0 Å². The van der Waals surface area contributed by atoms with E-state index in [0.29, 0.717) is 4.88 Å². The topological polar surface area (TPSA) is 33.0 Å². The van der Waals surface area contributed by atoms with Crippen LogP contribution in [0.25, 0.3) is 0 Å². The Morgan fingerprint density at radius 3 is 2.47 bits per heavy atom. The molecular formula is C12H9NOS. The molecule has 2 nitrogen and oxygen atoms in total. The number of nitriles is 1. The molecule has 0 saturated heterocycles. The van der Waals surface area contributed by atoms with E-state index in [1.54, 1.807) is 6.07 Å². The smallest absolute Gasteiger partial charge is 0.182 e. The quantitative estimate of drug-likeness (QED) is 0.764. The molecule has 2 aromatic rings. The maximum absolute atomic E-state index is 8.66. The van der Waals surface area contributed by atoms with Crippen LogP contribution in [-0.4, -0.2) is 0 Å². The van der Waals surface area contributed by atoms with E-state index in [2.05, 4.69) is 6.07 Å². The molecule has 0 atom stereocenters. The van der Waals surface area contributed by atoms with Crippen molar-refractivity contribution in [3.05, 3.63) is 46.8 Å². The van der Waals surface area contributed by atoms with Crippen molar-refractivity contribution < 1.29 is 4.74 Å². The lowest BCUT2D eigenvalue weighted by Gasteiger charge is -2.01. The molecule has 1 heterocycles. The molecule has 0 radical (unpaired) electrons. The van der Waals surface area contributed by atoms with E-state index in [0.717, 1.165) is 10.8 Å². The fraction of sp³-hybridized carbons (Fsp3) is 0.0833. The normalized spacial score (nSPS) is 9.60. The van der Waals surface area contributed by atoms with Gasteiger partial charge in [-0.15, -0.1) is 0 Å². The fourth-order valence-electron chi connectivity index (χ4n) is 1.16. The number of ether oxygens (including phenoxy) is 1. The fourth-order valence-corrected chi connectivity index (χ4v) is 1.83. The number of nitrogens with zero attached hydrogens (tertiary/aromatic N) is 1. The van der Waals surface area contributed by atoms with Crippen LogP contribution in [0.5, 0.6) is 10.8 Å². The van der Waals surface area contributed by atoms with Gasteiger partial charge in [0, 0.05) is 0 Å². The summed E-state index contributed by atoms with van der Waals surface area (Å²) in [7, 11) is 0. The zero-order valence-electron chi connectivity index (χ0n) is 8.23. The standard InChI is InChI=1S/C12H9NOS/c1-9-2-4-10(5-3-9)14-12-7-6-11(8-13)15-12/h2-7H,1H3. The maximum atomic E-state index is 8.66. The summed E-state index contributed by atoms with van der Waals surface area (Å²) < 4.78 is 5.58. The summed E-state index contributed by atoms with van der Waals surface area (Å²) in [5, 5.41) is 9.40. The Bertz CT molecular complexity index is 493. The highest BCUT2D eigenvalue weighted by molar-refractivity contribution is 7.14. The minimum absolute atomic E-state index is 0.664. The predicted octanol–water partition coefficient (Wildman–Crippen LogP) is 3.72. The van der Waals surface area contributed by atoms with E-state index < -0.39 is 0 Å². The molecule has 0 saturated carbocycles. The summed E-state index contributed by atoms with van der Waals surface area (Å²) in [5.41, 5.74) is 1.20. The van der Waals surface area contributed by atoms with Crippen molar-refractivity contribution in [2.24, 2.45) is 0 Å². The molecule has 15 heavy (non-hydrogen) atoms. The molecule has 1 aromatic heterocycles. The van der Waals surface area contributed by atoms with Crippen LogP contribution in [0.4, 0.5) is 0 Å². The second-order valence-corrected chi connectivity index (χ2v) is 4.19. The van der Waals surface area contributed by atoms with Gasteiger partial charge in [0.25, 0.3) is 0 Å². The Kier molecular flexibility index (Phi) is 2.70. The van der Waals surface area contributed by atoms with Crippen LogP contribution in [0.3, 0.4) is 0 Å². The van der Waals surface area contributed by atoms with Crippen molar-refractivity contribution in [2.75, 3.05) is 0 Å². The van der Waals surface area contributed by atoms with E-state index in [1.165, 1.54) is 16.9 Å². The predicted molar refractivity (Wildman–Crippen MR) is 60.3 cm³/mol. The van der Waals surface area contributed by atoms with Crippen LogP contribution in [-0.2, 0) is 0 Å². The van der Waals surface area contributed by atoms with Gasteiger partial charge in [0.05, 0.1) is 0 Å². The SMILES string of the molecule is Cc1ccc(Oc2ccc(C#N)s2)cc1. The number of hydrogen-bond acceptors (Lipinski definition) is 3. The lowest BCUT2D eigenvalue weighted by molar-refractivity contribution is 0.496. The lowest BCUT2D eigenvalue weighted by atomic mass is 10.2. The molecule has 0 bridgehead atoms. The highest BCUT2D eigenvalue weighted by atomic mass is 32.1. The zero-order chi connectivity index (χ0) is 10.7. The summed E-state index contributed by atoms with van der Waals surface area (Å²) in [6, 6.07) is 13.5. The third-order valence-electron chi connectivity index (χ3n) is 1.93. The number of rotatable bonds is 2. The highest BCUT2D eigenvalue weighted by Crippen LogP contribution is 2.28. The second-order valence-electron chi connectivity index (χ2n) is 3.15. The first-order valence-corrected chi connectivity index (χ1v) is 5.34. The summed E-state index contributed by atoms with van der Waals surface area (Å²) >= 11 is 1.35. The lowest BCUT2D eigenvalue weighted by Crippen LogP contribution is -1.80.